The summed E-state index contributed by atoms with van der Waals surface area (Å²) in [5, 5.41) is 9.96. The first-order valence-electron chi connectivity index (χ1n) is 6.75. The molecule has 3 rings (SSSR count). The summed E-state index contributed by atoms with van der Waals surface area (Å²) in [6.45, 7) is 1.89. The number of aromatic hydroxyl groups is 1. The molecule has 0 aliphatic carbocycles. The van der Waals surface area contributed by atoms with Crippen LogP contribution in [0.4, 0.5) is 0 Å². The average molecular weight is 273 g/mol. The molecule has 0 atom stereocenters. The van der Waals surface area contributed by atoms with Gasteiger partial charge in [0.15, 0.2) is 0 Å². The minimum absolute atomic E-state index is 0.0691. The van der Waals surface area contributed by atoms with Crippen LogP contribution in [-0.4, -0.2) is 39.3 Å². The number of imidazole rings is 1. The molecule has 1 aliphatic rings. The molecule has 0 bridgehead atoms. The zero-order chi connectivity index (χ0) is 14.4. The zero-order valence-corrected chi connectivity index (χ0v) is 12.1. The molecule has 0 fully saturated rings. The van der Waals surface area contributed by atoms with Gasteiger partial charge >= 0.3 is 5.69 Å². The van der Waals surface area contributed by atoms with Crippen LogP contribution in [0.2, 0.25) is 0 Å². The molecule has 0 saturated carbocycles. The summed E-state index contributed by atoms with van der Waals surface area (Å²) in [5.74, 6) is 0.202. The third-order valence-corrected chi connectivity index (χ3v) is 4.10. The molecule has 0 spiro atoms. The number of phenolic OH excluding ortho intramolecular Hbond substituents is 1. The highest BCUT2D eigenvalue weighted by Crippen LogP contribution is 2.31. The van der Waals surface area contributed by atoms with Gasteiger partial charge in [-0.2, -0.15) is 0 Å². The van der Waals surface area contributed by atoms with E-state index < -0.39 is 0 Å². The van der Waals surface area contributed by atoms with E-state index in [9.17, 15) is 9.90 Å². The van der Waals surface area contributed by atoms with Crippen molar-refractivity contribution in [2.24, 2.45) is 14.1 Å². The number of nitrogens with zero attached hydrogens (tertiary/aromatic N) is 3. The van der Waals surface area contributed by atoms with E-state index in [-0.39, 0.29) is 11.4 Å². The van der Waals surface area contributed by atoms with E-state index in [1.54, 1.807) is 35.4 Å². The van der Waals surface area contributed by atoms with Gasteiger partial charge in [0, 0.05) is 38.8 Å². The summed E-state index contributed by atoms with van der Waals surface area (Å²) >= 11 is 0. The van der Waals surface area contributed by atoms with E-state index in [0.717, 1.165) is 36.1 Å². The van der Waals surface area contributed by atoms with E-state index in [1.165, 1.54) is 5.57 Å². The Balaban J connectivity index is 2.30. The Morgan fingerprint density at radius 1 is 1.15 bits per heavy atom. The molecule has 5 heteroatoms. The van der Waals surface area contributed by atoms with Gasteiger partial charge in [-0.1, -0.05) is 6.08 Å². The van der Waals surface area contributed by atoms with Crippen LogP contribution in [0.1, 0.15) is 12.0 Å². The van der Waals surface area contributed by atoms with Gasteiger partial charge in [-0.05, 0) is 25.1 Å². The van der Waals surface area contributed by atoms with Crippen LogP contribution in [0.25, 0.3) is 16.6 Å². The number of likely N-dealkylation sites (N-methyl/N-ethyl adjacent to an activating group) is 1. The Morgan fingerprint density at radius 2 is 1.90 bits per heavy atom. The summed E-state index contributed by atoms with van der Waals surface area (Å²) in [6, 6.07) is 3.41. The molecule has 0 saturated heterocycles. The highest BCUT2D eigenvalue weighted by atomic mass is 16.3. The number of fused-ring (bicyclic) bond motifs is 1. The van der Waals surface area contributed by atoms with Crippen molar-refractivity contribution in [3.8, 4) is 5.75 Å². The third kappa shape index (κ3) is 1.86. The monoisotopic (exact) mass is 273 g/mol. The molecular formula is C15H19N3O2. The lowest BCUT2D eigenvalue weighted by Gasteiger charge is -2.22. The van der Waals surface area contributed by atoms with Crippen molar-refractivity contribution >= 4 is 16.6 Å². The second-order valence-electron chi connectivity index (χ2n) is 5.50. The van der Waals surface area contributed by atoms with E-state index in [0.29, 0.717) is 0 Å². The van der Waals surface area contributed by atoms with Gasteiger partial charge < -0.3 is 10.0 Å². The van der Waals surface area contributed by atoms with E-state index in [2.05, 4.69) is 18.0 Å². The fourth-order valence-electron chi connectivity index (χ4n) is 2.90. The summed E-state index contributed by atoms with van der Waals surface area (Å²) < 4.78 is 3.23. The van der Waals surface area contributed by atoms with Crippen LogP contribution in [0.3, 0.4) is 0 Å². The van der Waals surface area contributed by atoms with Crippen LogP contribution >= 0.6 is 0 Å². The molecular weight excluding hydrogens is 254 g/mol. The van der Waals surface area contributed by atoms with E-state index >= 15 is 0 Å². The highest BCUT2D eigenvalue weighted by Gasteiger charge is 2.18. The first-order valence-corrected chi connectivity index (χ1v) is 6.75. The number of rotatable bonds is 1. The number of aryl methyl sites for hydroxylation is 2. The van der Waals surface area contributed by atoms with Crippen LogP contribution in [0, 0.1) is 0 Å². The molecule has 0 amide bonds. The summed E-state index contributed by atoms with van der Waals surface area (Å²) in [5.41, 5.74) is 3.76. The standard InChI is InChI=1S/C15H19N3O2/c1-16-6-4-10(5-7-16)12-8-11(19)9-13-14(12)18(3)15(20)17(13)2/h4,8-9,19H,5-7H2,1-3H3. The quantitative estimate of drug-likeness (QED) is 0.852. The molecule has 106 valence electrons. The van der Waals surface area contributed by atoms with Gasteiger partial charge in [0.05, 0.1) is 11.0 Å². The Kier molecular flexibility index (Phi) is 2.94. The van der Waals surface area contributed by atoms with Gasteiger partial charge in [0.1, 0.15) is 5.75 Å². The summed E-state index contributed by atoms with van der Waals surface area (Å²) in [6.07, 6.45) is 3.10. The Bertz CT molecular complexity index is 767. The lowest BCUT2D eigenvalue weighted by atomic mass is 9.98. The number of phenols is 1. The third-order valence-electron chi connectivity index (χ3n) is 4.10. The van der Waals surface area contributed by atoms with Crippen molar-refractivity contribution < 1.29 is 5.11 Å². The lowest BCUT2D eigenvalue weighted by molar-refractivity contribution is 0.370. The van der Waals surface area contributed by atoms with Crippen molar-refractivity contribution in [1.29, 1.82) is 0 Å². The predicted octanol–water partition coefficient (Wildman–Crippen LogP) is 1.30. The topological polar surface area (TPSA) is 50.4 Å². The Morgan fingerprint density at radius 3 is 2.55 bits per heavy atom. The number of hydrogen-bond acceptors (Lipinski definition) is 3. The SMILES string of the molecule is CN1CC=C(c2cc(O)cc3c2n(C)c(=O)n3C)CC1. The van der Waals surface area contributed by atoms with Crippen molar-refractivity contribution in [3.05, 3.63) is 34.3 Å². The van der Waals surface area contributed by atoms with Crippen molar-refractivity contribution in [2.45, 2.75) is 6.42 Å². The molecule has 1 N–H and O–H groups in total. The fourth-order valence-corrected chi connectivity index (χ4v) is 2.90. The van der Waals surface area contributed by atoms with Crippen LogP contribution in [0.15, 0.2) is 23.0 Å². The van der Waals surface area contributed by atoms with Gasteiger partial charge in [0.2, 0.25) is 0 Å². The normalized spacial score (nSPS) is 16.6. The predicted molar refractivity (Wildman–Crippen MR) is 79.9 cm³/mol. The molecule has 2 heterocycles. The first-order chi connectivity index (χ1) is 9.49. The molecule has 0 radical (unpaired) electrons. The van der Waals surface area contributed by atoms with Gasteiger partial charge in [-0.3, -0.25) is 9.13 Å². The maximum atomic E-state index is 12.1. The average Bonchev–Trinajstić information content (AvgIpc) is 2.64. The molecule has 1 aliphatic heterocycles. The number of benzene rings is 1. The summed E-state index contributed by atoms with van der Waals surface area (Å²) in [7, 11) is 5.60. The minimum atomic E-state index is -0.0691. The molecule has 1 aromatic carbocycles. The second-order valence-corrected chi connectivity index (χ2v) is 5.50. The van der Waals surface area contributed by atoms with Gasteiger partial charge in [-0.25, -0.2) is 4.79 Å². The maximum Gasteiger partial charge on any atom is 0.328 e. The lowest BCUT2D eigenvalue weighted by Crippen LogP contribution is -2.24. The van der Waals surface area contributed by atoms with Crippen LogP contribution in [-0.2, 0) is 14.1 Å². The molecule has 5 nitrogen and oxygen atoms in total. The maximum absolute atomic E-state index is 12.1. The van der Waals surface area contributed by atoms with E-state index in [1.807, 2.05) is 0 Å². The van der Waals surface area contributed by atoms with Crippen molar-refractivity contribution in [1.82, 2.24) is 14.0 Å². The van der Waals surface area contributed by atoms with Gasteiger partial charge in [-0.15, -0.1) is 0 Å². The second kappa shape index (κ2) is 4.52. The van der Waals surface area contributed by atoms with Crippen LogP contribution < -0.4 is 5.69 Å². The Labute approximate surface area is 117 Å². The fraction of sp³-hybridized carbons (Fsp3) is 0.400. The van der Waals surface area contributed by atoms with Crippen molar-refractivity contribution in [2.75, 3.05) is 20.1 Å². The smallest absolute Gasteiger partial charge is 0.328 e. The van der Waals surface area contributed by atoms with Gasteiger partial charge in [0.25, 0.3) is 0 Å². The Hall–Kier alpha value is -2.01. The molecule has 0 unspecified atom stereocenters. The number of aromatic nitrogens is 2. The van der Waals surface area contributed by atoms with Crippen LogP contribution in [0.5, 0.6) is 5.75 Å². The minimum Gasteiger partial charge on any atom is -0.508 e. The first kappa shape index (κ1) is 13.0. The molecule has 1 aromatic heterocycles. The van der Waals surface area contributed by atoms with E-state index in [4.69, 9.17) is 0 Å². The largest absolute Gasteiger partial charge is 0.508 e. The zero-order valence-electron chi connectivity index (χ0n) is 12.1. The molecule has 20 heavy (non-hydrogen) atoms. The van der Waals surface area contributed by atoms with Crippen molar-refractivity contribution in [3.63, 3.8) is 0 Å². The molecule has 2 aromatic rings. The number of hydrogen-bond donors (Lipinski definition) is 1. The summed E-state index contributed by atoms with van der Waals surface area (Å²) in [4.78, 5) is 14.3. The highest BCUT2D eigenvalue weighted by molar-refractivity contribution is 5.91.